The zero-order chi connectivity index (χ0) is 15.8. The van der Waals surface area contributed by atoms with Crippen molar-refractivity contribution >= 4 is 42.5 Å². The molecule has 9 heteroatoms. The van der Waals surface area contributed by atoms with Crippen molar-refractivity contribution in [2.24, 2.45) is 5.73 Å². The summed E-state index contributed by atoms with van der Waals surface area (Å²) in [6.07, 6.45) is 5.91. The molecule has 3 N–H and O–H groups in total. The van der Waals surface area contributed by atoms with Crippen molar-refractivity contribution in [1.82, 2.24) is 20.1 Å². The summed E-state index contributed by atoms with van der Waals surface area (Å²) in [6.45, 7) is 1.18. The first kappa shape index (κ1) is 22.7. The van der Waals surface area contributed by atoms with Gasteiger partial charge >= 0.3 is 0 Å². The number of halogens is 2. The van der Waals surface area contributed by atoms with Crippen molar-refractivity contribution in [3.63, 3.8) is 0 Å². The van der Waals surface area contributed by atoms with E-state index in [1.165, 1.54) is 6.33 Å². The van der Waals surface area contributed by atoms with Crippen LogP contribution in [0.1, 0.15) is 17.5 Å². The van der Waals surface area contributed by atoms with E-state index < -0.39 is 6.04 Å². The summed E-state index contributed by atoms with van der Waals surface area (Å²) in [5.74, 6) is 0.798. The van der Waals surface area contributed by atoms with E-state index in [4.69, 9.17) is 5.73 Å². The number of carbonyl (C=O) groups is 1. The first-order chi connectivity index (χ1) is 10.7. The second-order valence-corrected chi connectivity index (χ2v) is 6.00. The quantitative estimate of drug-likeness (QED) is 0.716. The first-order valence-electron chi connectivity index (χ1n) is 7.11. The highest BCUT2D eigenvalue weighted by Gasteiger charge is 2.12. The Labute approximate surface area is 158 Å². The van der Waals surface area contributed by atoms with E-state index in [1.54, 1.807) is 22.8 Å². The van der Waals surface area contributed by atoms with Gasteiger partial charge in [-0.1, -0.05) is 24.3 Å². The molecule has 1 amide bonds. The van der Waals surface area contributed by atoms with E-state index in [0.717, 1.165) is 16.9 Å². The van der Waals surface area contributed by atoms with Gasteiger partial charge in [-0.25, -0.2) is 9.67 Å². The average Bonchev–Trinajstić information content (AvgIpc) is 3.04. The van der Waals surface area contributed by atoms with Crippen LogP contribution in [0.2, 0.25) is 0 Å². The molecule has 0 fully saturated rings. The number of nitrogens with zero attached hydrogens (tertiary/aromatic N) is 3. The van der Waals surface area contributed by atoms with Gasteiger partial charge < -0.3 is 11.1 Å². The maximum atomic E-state index is 11.8. The number of nitrogens with one attached hydrogen (secondary N) is 1. The van der Waals surface area contributed by atoms with Crippen molar-refractivity contribution in [2.75, 3.05) is 12.0 Å². The second-order valence-electron chi connectivity index (χ2n) is 5.02. The number of benzene rings is 1. The standard InChI is InChI=1S/C15H21N5OS.2ClH/c1-22-7-6-14(16)15(21)18-8-12-2-4-13(5-3-12)9-20-11-17-10-19-20;;/h2-5,10-11,14H,6-9,16H2,1H3,(H,18,21);2*1H/t14-;;/m0../s1. The minimum absolute atomic E-state index is 0. The molecule has 2 rings (SSSR count). The molecule has 0 radical (unpaired) electrons. The van der Waals surface area contributed by atoms with Gasteiger partial charge in [-0.3, -0.25) is 4.79 Å². The highest BCUT2D eigenvalue weighted by molar-refractivity contribution is 7.98. The van der Waals surface area contributed by atoms with Gasteiger partial charge in [0, 0.05) is 6.54 Å². The van der Waals surface area contributed by atoms with Gasteiger partial charge in [0.1, 0.15) is 12.7 Å². The number of thioether (sulfide) groups is 1. The molecule has 6 nitrogen and oxygen atoms in total. The van der Waals surface area contributed by atoms with Gasteiger partial charge in [-0.15, -0.1) is 24.8 Å². The molecule has 0 aliphatic carbocycles. The molecule has 1 atom stereocenters. The monoisotopic (exact) mass is 391 g/mol. The van der Waals surface area contributed by atoms with Crippen LogP contribution in [0.3, 0.4) is 0 Å². The fourth-order valence-electron chi connectivity index (χ4n) is 1.96. The third-order valence-corrected chi connectivity index (χ3v) is 3.91. The van der Waals surface area contributed by atoms with Crippen molar-refractivity contribution in [1.29, 1.82) is 0 Å². The van der Waals surface area contributed by atoms with E-state index >= 15 is 0 Å². The van der Waals surface area contributed by atoms with Crippen LogP contribution in [-0.4, -0.2) is 38.7 Å². The number of carbonyl (C=O) groups excluding carboxylic acids is 1. The topological polar surface area (TPSA) is 85.8 Å². The molecule has 0 unspecified atom stereocenters. The Kier molecular flexibility index (Phi) is 11.5. The van der Waals surface area contributed by atoms with Gasteiger partial charge in [0.2, 0.25) is 5.91 Å². The maximum Gasteiger partial charge on any atom is 0.237 e. The predicted molar refractivity (Wildman–Crippen MR) is 103 cm³/mol. The summed E-state index contributed by atoms with van der Waals surface area (Å²) in [5.41, 5.74) is 8.01. The minimum atomic E-state index is -0.431. The summed E-state index contributed by atoms with van der Waals surface area (Å²) in [5, 5.41) is 6.94. The van der Waals surface area contributed by atoms with E-state index in [2.05, 4.69) is 15.4 Å². The molecule has 0 aliphatic heterocycles. The minimum Gasteiger partial charge on any atom is -0.351 e. The molecule has 0 saturated heterocycles. The Morgan fingerprint density at radius 3 is 2.54 bits per heavy atom. The molecule has 0 saturated carbocycles. The average molecular weight is 392 g/mol. The Bertz CT molecular complexity index is 580. The molecule has 24 heavy (non-hydrogen) atoms. The summed E-state index contributed by atoms with van der Waals surface area (Å²) in [7, 11) is 0. The van der Waals surface area contributed by atoms with Gasteiger partial charge in [0.25, 0.3) is 0 Å². The normalized spacial score (nSPS) is 11.1. The molecule has 0 aliphatic rings. The molecular weight excluding hydrogens is 369 g/mol. The number of hydrogen-bond acceptors (Lipinski definition) is 5. The fourth-order valence-corrected chi connectivity index (χ4v) is 2.45. The van der Waals surface area contributed by atoms with Crippen LogP contribution < -0.4 is 11.1 Å². The van der Waals surface area contributed by atoms with Crippen LogP contribution in [0.4, 0.5) is 0 Å². The number of hydrogen-bond donors (Lipinski definition) is 2. The number of nitrogens with two attached hydrogens (primary N) is 1. The summed E-state index contributed by atoms with van der Waals surface area (Å²) in [4.78, 5) is 15.8. The van der Waals surface area contributed by atoms with Crippen molar-refractivity contribution in [3.8, 4) is 0 Å². The lowest BCUT2D eigenvalue weighted by Crippen LogP contribution is -2.40. The highest BCUT2D eigenvalue weighted by atomic mass is 35.5. The van der Waals surface area contributed by atoms with Crippen LogP contribution in [0.5, 0.6) is 0 Å². The van der Waals surface area contributed by atoms with E-state index in [0.29, 0.717) is 19.5 Å². The van der Waals surface area contributed by atoms with Crippen molar-refractivity contribution in [3.05, 3.63) is 48.0 Å². The van der Waals surface area contributed by atoms with Crippen LogP contribution in [-0.2, 0) is 17.9 Å². The maximum absolute atomic E-state index is 11.8. The number of amides is 1. The second kappa shape index (κ2) is 12.1. The summed E-state index contributed by atoms with van der Waals surface area (Å²) < 4.78 is 1.77. The zero-order valence-electron chi connectivity index (χ0n) is 13.4. The molecule has 1 heterocycles. The van der Waals surface area contributed by atoms with Crippen LogP contribution in [0.15, 0.2) is 36.9 Å². The molecule has 2 aromatic rings. The SMILES string of the molecule is CSCC[C@H](N)C(=O)NCc1ccc(Cn2cncn2)cc1.Cl.Cl. The molecule has 0 spiro atoms. The Morgan fingerprint density at radius 1 is 1.29 bits per heavy atom. The van der Waals surface area contributed by atoms with Crippen LogP contribution in [0, 0.1) is 0 Å². The van der Waals surface area contributed by atoms with Crippen molar-refractivity contribution < 1.29 is 4.79 Å². The van der Waals surface area contributed by atoms with E-state index in [1.807, 2.05) is 30.5 Å². The molecule has 1 aromatic carbocycles. The Balaban J connectivity index is 0.00000264. The Morgan fingerprint density at radius 2 is 1.96 bits per heavy atom. The third kappa shape index (κ3) is 7.53. The lowest BCUT2D eigenvalue weighted by atomic mass is 10.1. The number of aromatic nitrogens is 3. The predicted octanol–water partition coefficient (Wildman–Crippen LogP) is 1.87. The first-order valence-corrected chi connectivity index (χ1v) is 8.51. The summed E-state index contributed by atoms with van der Waals surface area (Å²) >= 11 is 1.69. The van der Waals surface area contributed by atoms with Gasteiger partial charge in [0.05, 0.1) is 12.6 Å². The fraction of sp³-hybridized carbons (Fsp3) is 0.400. The van der Waals surface area contributed by atoms with E-state index in [-0.39, 0.29) is 30.7 Å². The van der Waals surface area contributed by atoms with Gasteiger partial charge in [-0.2, -0.15) is 16.9 Å². The van der Waals surface area contributed by atoms with E-state index in [9.17, 15) is 4.79 Å². The van der Waals surface area contributed by atoms with Crippen LogP contribution >= 0.6 is 36.6 Å². The van der Waals surface area contributed by atoms with Crippen LogP contribution in [0.25, 0.3) is 0 Å². The molecule has 134 valence electrons. The highest BCUT2D eigenvalue weighted by Crippen LogP contribution is 2.06. The van der Waals surface area contributed by atoms with Gasteiger partial charge in [0.15, 0.2) is 0 Å². The van der Waals surface area contributed by atoms with Crippen molar-refractivity contribution in [2.45, 2.75) is 25.6 Å². The lowest BCUT2D eigenvalue weighted by Gasteiger charge is -2.12. The Hall–Kier alpha value is -1.28. The largest absolute Gasteiger partial charge is 0.351 e. The number of rotatable bonds is 8. The summed E-state index contributed by atoms with van der Waals surface area (Å²) in [6, 6.07) is 7.62. The zero-order valence-corrected chi connectivity index (χ0v) is 15.9. The smallest absolute Gasteiger partial charge is 0.237 e. The lowest BCUT2D eigenvalue weighted by molar-refractivity contribution is -0.122. The third-order valence-electron chi connectivity index (χ3n) is 3.27. The van der Waals surface area contributed by atoms with Gasteiger partial charge in [-0.05, 0) is 29.6 Å². The molecule has 1 aromatic heterocycles. The molecule has 0 bridgehead atoms. The molecular formula is C15H23Cl2N5OS.